The van der Waals surface area contributed by atoms with Gasteiger partial charge in [-0.15, -0.1) is 0 Å². The molecule has 0 saturated carbocycles. The highest BCUT2D eigenvalue weighted by Gasteiger charge is 2.09. The largest absolute Gasteiger partial charge is 0.508 e. The Labute approximate surface area is 117 Å². The van der Waals surface area contributed by atoms with Crippen molar-refractivity contribution in [1.29, 1.82) is 0 Å². The van der Waals surface area contributed by atoms with Gasteiger partial charge in [-0.25, -0.2) is 4.98 Å². The maximum Gasteiger partial charge on any atom is 0.140 e. The molecule has 0 bridgehead atoms. The maximum absolute atomic E-state index is 9.34. The summed E-state index contributed by atoms with van der Waals surface area (Å²) in [7, 11) is 0. The zero-order valence-electron chi connectivity index (χ0n) is 11.2. The Morgan fingerprint density at radius 2 is 1.95 bits per heavy atom. The fourth-order valence-electron chi connectivity index (χ4n) is 2.47. The van der Waals surface area contributed by atoms with Crippen molar-refractivity contribution in [3.05, 3.63) is 59.9 Å². The quantitative estimate of drug-likeness (QED) is 0.762. The van der Waals surface area contributed by atoms with Crippen LogP contribution >= 0.6 is 0 Å². The summed E-state index contributed by atoms with van der Waals surface area (Å²) in [5, 5.41) is 10.5. The van der Waals surface area contributed by atoms with Crippen molar-refractivity contribution in [1.82, 2.24) is 9.55 Å². The second-order valence-corrected chi connectivity index (χ2v) is 4.86. The van der Waals surface area contributed by atoms with Crippen LogP contribution in [0.3, 0.4) is 0 Å². The fraction of sp³-hybridized carbons (Fsp3) is 0.188. The number of aromatic nitrogens is 2. The lowest BCUT2D eigenvalue weighted by molar-refractivity contribution is 0.475. The number of pyridine rings is 1. The molecule has 0 amide bonds. The minimum absolute atomic E-state index is 0.285. The monoisotopic (exact) mass is 267 g/mol. The average Bonchev–Trinajstić information content (AvgIpc) is 2.81. The molecule has 1 aromatic carbocycles. The summed E-state index contributed by atoms with van der Waals surface area (Å²) in [4.78, 5) is 4.47. The highest BCUT2D eigenvalue weighted by atomic mass is 16.3. The maximum atomic E-state index is 9.34. The Morgan fingerprint density at radius 3 is 2.70 bits per heavy atom. The normalized spacial score (nSPS) is 11.1. The summed E-state index contributed by atoms with van der Waals surface area (Å²) in [6.07, 6.45) is 4.78. The molecule has 3 rings (SSSR count). The van der Waals surface area contributed by atoms with Gasteiger partial charge in [-0.1, -0.05) is 12.1 Å². The first-order valence-electron chi connectivity index (χ1n) is 6.68. The molecule has 3 aromatic rings. The molecule has 2 heterocycles. The van der Waals surface area contributed by atoms with Crippen LogP contribution in [0.4, 0.5) is 0 Å². The molecule has 0 radical (unpaired) electrons. The number of benzene rings is 1. The number of rotatable bonds is 4. The van der Waals surface area contributed by atoms with E-state index in [2.05, 4.69) is 21.8 Å². The van der Waals surface area contributed by atoms with E-state index in [4.69, 9.17) is 5.73 Å². The third kappa shape index (κ3) is 2.38. The third-order valence-corrected chi connectivity index (χ3v) is 3.42. The topological polar surface area (TPSA) is 64.1 Å². The molecule has 0 aliphatic heterocycles. The third-order valence-electron chi connectivity index (χ3n) is 3.42. The number of fused-ring (bicyclic) bond motifs is 1. The van der Waals surface area contributed by atoms with Gasteiger partial charge in [0.05, 0.1) is 0 Å². The fourth-order valence-corrected chi connectivity index (χ4v) is 2.47. The summed E-state index contributed by atoms with van der Waals surface area (Å²) in [6.45, 7) is 1.37. The van der Waals surface area contributed by atoms with Crippen LogP contribution in [0.1, 0.15) is 11.1 Å². The Bertz CT molecular complexity index is 716. The smallest absolute Gasteiger partial charge is 0.140 e. The van der Waals surface area contributed by atoms with Crippen LogP contribution in [0.15, 0.2) is 48.8 Å². The van der Waals surface area contributed by atoms with Crippen LogP contribution in [0.25, 0.3) is 11.0 Å². The number of hydrogen-bond donors (Lipinski definition) is 2. The van der Waals surface area contributed by atoms with Crippen LogP contribution in [0, 0.1) is 0 Å². The first-order valence-corrected chi connectivity index (χ1v) is 6.68. The molecule has 4 heteroatoms. The molecule has 3 N–H and O–H groups in total. The highest BCUT2D eigenvalue weighted by molar-refractivity contribution is 5.80. The molecule has 2 aromatic heterocycles. The highest BCUT2D eigenvalue weighted by Crippen LogP contribution is 2.21. The Hall–Kier alpha value is -2.33. The number of phenols is 1. The zero-order chi connectivity index (χ0) is 13.9. The van der Waals surface area contributed by atoms with Gasteiger partial charge in [-0.2, -0.15) is 0 Å². The Kier molecular flexibility index (Phi) is 3.39. The van der Waals surface area contributed by atoms with Crippen molar-refractivity contribution in [3.8, 4) is 5.75 Å². The molecule has 0 saturated heterocycles. The minimum Gasteiger partial charge on any atom is -0.508 e. The lowest BCUT2D eigenvalue weighted by atomic mass is 10.2. The molecule has 0 fully saturated rings. The van der Waals surface area contributed by atoms with Gasteiger partial charge in [0.2, 0.25) is 0 Å². The summed E-state index contributed by atoms with van der Waals surface area (Å²) < 4.78 is 2.13. The van der Waals surface area contributed by atoms with Crippen molar-refractivity contribution in [2.75, 3.05) is 6.54 Å². The molecule has 0 atom stereocenters. The Balaban J connectivity index is 2.00. The standard InChI is InChI=1S/C16H17N3O/c17-8-7-13-11-19(16-15(13)2-1-9-18-16)10-12-3-5-14(20)6-4-12/h1-6,9,11,20H,7-8,10,17H2. The van der Waals surface area contributed by atoms with E-state index in [-0.39, 0.29) is 5.75 Å². The number of hydrogen-bond acceptors (Lipinski definition) is 3. The van der Waals surface area contributed by atoms with E-state index in [1.165, 1.54) is 5.56 Å². The summed E-state index contributed by atoms with van der Waals surface area (Å²) in [5.74, 6) is 0.285. The summed E-state index contributed by atoms with van der Waals surface area (Å²) in [5.41, 5.74) is 9.01. The SMILES string of the molecule is NCCc1cn(Cc2ccc(O)cc2)c2ncccc12. The van der Waals surface area contributed by atoms with Crippen molar-refractivity contribution in [3.63, 3.8) is 0 Å². The van der Waals surface area contributed by atoms with E-state index < -0.39 is 0 Å². The van der Waals surface area contributed by atoms with E-state index in [9.17, 15) is 5.11 Å². The molecular formula is C16H17N3O. The summed E-state index contributed by atoms with van der Waals surface area (Å²) in [6, 6.07) is 11.3. The first kappa shape index (κ1) is 12.7. The van der Waals surface area contributed by atoms with E-state index >= 15 is 0 Å². The van der Waals surface area contributed by atoms with Crippen LogP contribution < -0.4 is 5.73 Å². The van der Waals surface area contributed by atoms with Gasteiger partial charge in [0.1, 0.15) is 11.4 Å². The van der Waals surface area contributed by atoms with Gasteiger partial charge < -0.3 is 15.4 Å². The van der Waals surface area contributed by atoms with Gasteiger partial charge in [0, 0.05) is 24.3 Å². The van der Waals surface area contributed by atoms with Gasteiger partial charge in [0.25, 0.3) is 0 Å². The number of nitrogens with two attached hydrogens (primary N) is 1. The summed E-state index contributed by atoms with van der Waals surface area (Å²) >= 11 is 0. The molecule has 0 aliphatic carbocycles. The minimum atomic E-state index is 0.285. The average molecular weight is 267 g/mol. The van der Waals surface area contributed by atoms with E-state index in [1.54, 1.807) is 12.1 Å². The van der Waals surface area contributed by atoms with Crippen LogP contribution in [0.2, 0.25) is 0 Å². The van der Waals surface area contributed by atoms with E-state index in [0.717, 1.165) is 29.6 Å². The van der Waals surface area contributed by atoms with Crippen molar-refractivity contribution in [2.45, 2.75) is 13.0 Å². The Morgan fingerprint density at radius 1 is 1.15 bits per heavy atom. The lowest BCUT2D eigenvalue weighted by Gasteiger charge is -2.04. The van der Waals surface area contributed by atoms with Crippen LogP contribution in [-0.2, 0) is 13.0 Å². The number of aromatic hydroxyl groups is 1. The predicted octanol–water partition coefficient (Wildman–Crippen LogP) is 2.29. The van der Waals surface area contributed by atoms with Gasteiger partial charge >= 0.3 is 0 Å². The van der Waals surface area contributed by atoms with Crippen LogP contribution in [-0.4, -0.2) is 21.2 Å². The molecular weight excluding hydrogens is 250 g/mol. The predicted molar refractivity (Wildman–Crippen MR) is 79.7 cm³/mol. The molecule has 102 valence electrons. The van der Waals surface area contributed by atoms with E-state index in [1.807, 2.05) is 24.4 Å². The van der Waals surface area contributed by atoms with Gasteiger partial charge in [-0.05, 0) is 48.4 Å². The van der Waals surface area contributed by atoms with Gasteiger partial charge in [-0.3, -0.25) is 0 Å². The van der Waals surface area contributed by atoms with Crippen LogP contribution in [0.5, 0.6) is 5.75 Å². The second kappa shape index (κ2) is 5.35. The van der Waals surface area contributed by atoms with Gasteiger partial charge in [0.15, 0.2) is 0 Å². The van der Waals surface area contributed by atoms with Crippen molar-refractivity contribution >= 4 is 11.0 Å². The molecule has 0 aliphatic rings. The number of nitrogens with zero attached hydrogens (tertiary/aromatic N) is 2. The molecule has 20 heavy (non-hydrogen) atoms. The first-order chi connectivity index (χ1) is 9.78. The van der Waals surface area contributed by atoms with Crippen molar-refractivity contribution < 1.29 is 5.11 Å². The molecule has 4 nitrogen and oxygen atoms in total. The van der Waals surface area contributed by atoms with E-state index in [0.29, 0.717) is 6.54 Å². The molecule has 0 unspecified atom stereocenters. The lowest BCUT2D eigenvalue weighted by Crippen LogP contribution is -2.02. The van der Waals surface area contributed by atoms with Crippen molar-refractivity contribution in [2.24, 2.45) is 5.73 Å². The number of phenolic OH excluding ortho intramolecular Hbond substituents is 1. The molecule has 0 spiro atoms. The second-order valence-electron chi connectivity index (χ2n) is 4.86. The zero-order valence-corrected chi connectivity index (χ0v) is 11.2.